The Hall–Kier alpha value is -1.71. The van der Waals surface area contributed by atoms with E-state index < -0.39 is 0 Å². The van der Waals surface area contributed by atoms with E-state index in [4.69, 9.17) is 10.7 Å². The maximum Gasteiger partial charge on any atom is 0.0960 e. The zero-order chi connectivity index (χ0) is 14.9. The van der Waals surface area contributed by atoms with Crippen LogP contribution in [0.15, 0.2) is 48.5 Å². The third-order valence-corrected chi connectivity index (χ3v) is 4.91. The maximum atomic E-state index is 6.55. The monoisotopic (exact) mass is 296 g/mol. The van der Waals surface area contributed by atoms with Crippen molar-refractivity contribution in [2.24, 2.45) is 5.73 Å². The minimum absolute atomic E-state index is 0.389. The first-order valence-corrected chi connectivity index (χ1v) is 8.13. The van der Waals surface area contributed by atoms with Gasteiger partial charge in [0.2, 0.25) is 0 Å². The molecule has 1 heterocycles. The van der Waals surface area contributed by atoms with Crippen LogP contribution in [0.5, 0.6) is 0 Å². The fourth-order valence-corrected chi connectivity index (χ4v) is 3.67. The second-order valence-corrected chi connectivity index (χ2v) is 6.84. The lowest BCUT2D eigenvalue weighted by molar-refractivity contribution is 0.490. The van der Waals surface area contributed by atoms with Crippen molar-refractivity contribution in [3.63, 3.8) is 0 Å². The summed E-state index contributed by atoms with van der Waals surface area (Å²) >= 11 is 1.74. The molecule has 0 saturated carbocycles. The van der Waals surface area contributed by atoms with Gasteiger partial charge in [-0.2, -0.15) is 0 Å². The van der Waals surface area contributed by atoms with E-state index in [1.807, 2.05) is 6.07 Å². The van der Waals surface area contributed by atoms with Gasteiger partial charge in [0.1, 0.15) is 0 Å². The van der Waals surface area contributed by atoms with Crippen LogP contribution in [0.1, 0.15) is 30.0 Å². The molecule has 1 aromatic heterocycles. The van der Waals surface area contributed by atoms with Crippen molar-refractivity contribution in [1.82, 2.24) is 4.98 Å². The summed E-state index contributed by atoms with van der Waals surface area (Å²) in [4.78, 5) is 4.70. The highest BCUT2D eigenvalue weighted by Gasteiger charge is 2.23. The number of hydrogen-bond acceptors (Lipinski definition) is 3. The number of aryl methyl sites for hydroxylation is 1. The first kappa shape index (κ1) is 14.2. The minimum Gasteiger partial charge on any atom is -0.321 e. The SMILES string of the molecule is CCc1ccc(C(C)(N)Cc2nc3ccccc3s2)cc1. The van der Waals surface area contributed by atoms with Crippen molar-refractivity contribution in [2.75, 3.05) is 0 Å². The maximum absolute atomic E-state index is 6.55. The van der Waals surface area contributed by atoms with Crippen LogP contribution < -0.4 is 5.73 Å². The highest BCUT2D eigenvalue weighted by atomic mass is 32.1. The smallest absolute Gasteiger partial charge is 0.0960 e. The van der Waals surface area contributed by atoms with Crippen LogP contribution in [0.2, 0.25) is 0 Å². The number of fused-ring (bicyclic) bond motifs is 1. The Morgan fingerprint density at radius 2 is 1.81 bits per heavy atom. The number of nitrogens with zero attached hydrogens (tertiary/aromatic N) is 1. The highest BCUT2D eigenvalue weighted by Crippen LogP contribution is 2.28. The third kappa shape index (κ3) is 2.99. The molecule has 0 spiro atoms. The van der Waals surface area contributed by atoms with E-state index in [-0.39, 0.29) is 5.54 Å². The summed E-state index contributed by atoms with van der Waals surface area (Å²) < 4.78 is 1.23. The van der Waals surface area contributed by atoms with Crippen molar-refractivity contribution in [3.8, 4) is 0 Å². The molecule has 108 valence electrons. The molecular weight excluding hydrogens is 276 g/mol. The summed E-state index contributed by atoms with van der Waals surface area (Å²) in [6.07, 6.45) is 1.82. The van der Waals surface area contributed by atoms with E-state index in [0.29, 0.717) is 0 Å². The van der Waals surface area contributed by atoms with Gasteiger partial charge in [0.15, 0.2) is 0 Å². The van der Waals surface area contributed by atoms with E-state index in [0.717, 1.165) is 23.4 Å². The molecule has 0 amide bonds. The van der Waals surface area contributed by atoms with Gasteiger partial charge in [0, 0.05) is 12.0 Å². The van der Waals surface area contributed by atoms with Crippen molar-refractivity contribution in [2.45, 2.75) is 32.2 Å². The summed E-state index contributed by atoms with van der Waals surface area (Å²) in [6, 6.07) is 16.9. The van der Waals surface area contributed by atoms with Crippen LogP contribution in [0.4, 0.5) is 0 Å². The summed E-state index contributed by atoms with van der Waals surface area (Å²) in [5.74, 6) is 0. The molecule has 0 saturated heterocycles. The largest absolute Gasteiger partial charge is 0.321 e. The topological polar surface area (TPSA) is 38.9 Å². The zero-order valence-electron chi connectivity index (χ0n) is 12.5. The van der Waals surface area contributed by atoms with Crippen molar-refractivity contribution in [3.05, 3.63) is 64.7 Å². The molecule has 0 radical (unpaired) electrons. The Kier molecular flexibility index (Phi) is 3.79. The average molecular weight is 296 g/mol. The normalized spacial score (nSPS) is 14.2. The summed E-state index contributed by atoms with van der Waals surface area (Å²) in [6.45, 7) is 4.25. The minimum atomic E-state index is -0.389. The molecule has 2 N–H and O–H groups in total. The second kappa shape index (κ2) is 5.58. The zero-order valence-corrected chi connectivity index (χ0v) is 13.3. The molecule has 0 aliphatic carbocycles. The third-order valence-electron chi connectivity index (χ3n) is 3.88. The quantitative estimate of drug-likeness (QED) is 0.780. The molecule has 0 aliphatic heterocycles. The Bertz CT molecular complexity index is 708. The van der Waals surface area contributed by atoms with Gasteiger partial charge in [0.25, 0.3) is 0 Å². The van der Waals surface area contributed by atoms with Crippen LogP contribution in [0.3, 0.4) is 0 Å². The molecule has 2 aromatic carbocycles. The number of thiazole rings is 1. The molecule has 3 heteroatoms. The molecule has 3 rings (SSSR count). The number of hydrogen-bond donors (Lipinski definition) is 1. The standard InChI is InChI=1S/C18H20N2S/c1-3-13-8-10-14(11-9-13)18(2,19)12-17-20-15-6-4-5-7-16(15)21-17/h4-11H,3,12,19H2,1-2H3. The van der Waals surface area contributed by atoms with Crippen molar-refractivity contribution < 1.29 is 0 Å². The molecule has 2 nitrogen and oxygen atoms in total. The van der Waals surface area contributed by atoms with Gasteiger partial charge in [-0.25, -0.2) is 4.98 Å². The van der Waals surface area contributed by atoms with Crippen LogP contribution in [0, 0.1) is 0 Å². The average Bonchev–Trinajstić information content (AvgIpc) is 2.88. The molecule has 3 aromatic rings. The highest BCUT2D eigenvalue weighted by molar-refractivity contribution is 7.18. The lowest BCUT2D eigenvalue weighted by Gasteiger charge is -2.24. The molecule has 21 heavy (non-hydrogen) atoms. The predicted molar refractivity (Wildman–Crippen MR) is 90.7 cm³/mol. The number of nitrogens with two attached hydrogens (primary N) is 1. The number of rotatable bonds is 4. The molecule has 0 aliphatic rings. The number of aromatic nitrogens is 1. The fraction of sp³-hybridized carbons (Fsp3) is 0.278. The molecule has 0 fully saturated rings. The first-order chi connectivity index (χ1) is 10.1. The molecule has 1 atom stereocenters. The van der Waals surface area contributed by atoms with Crippen LogP contribution in [-0.2, 0) is 18.4 Å². The van der Waals surface area contributed by atoms with Gasteiger partial charge < -0.3 is 5.73 Å². The molecular formula is C18H20N2S. The van der Waals surface area contributed by atoms with Gasteiger partial charge in [0.05, 0.1) is 15.2 Å². The Morgan fingerprint density at radius 1 is 1.10 bits per heavy atom. The Balaban J connectivity index is 1.86. The van der Waals surface area contributed by atoms with Gasteiger partial charge in [-0.05, 0) is 36.6 Å². The van der Waals surface area contributed by atoms with Crippen LogP contribution >= 0.6 is 11.3 Å². The molecule has 1 unspecified atom stereocenters. The number of benzene rings is 2. The van der Waals surface area contributed by atoms with Gasteiger partial charge >= 0.3 is 0 Å². The lowest BCUT2D eigenvalue weighted by atomic mass is 9.89. The van der Waals surface area contributed by atoms with Crippen LogP contribution in [0.25, 0.3) is 10.2 Å². The van der Waals surface area contributed by atoms with E-state index in [1.165, 1.54) is 15.8 Å². The van der Waals surface area contributed by atoms with E-state index in [9.17, 15) is 0 Å². The lowest BCUT2D eigenvalue weighted by Crippen LogP contribution is -2.35. The van der Waals surface area contributed by atoms with Gasteiger partial charge in [-0.3, -0.25) is 0 Å². The first-order valence-electron chi connectivity index (χ1n) is 7.31. The summed E-state index contributed by atoms with van der Waals surface area (Å²) in [5, 5.41) is 1.10. The molecule has 0 bridgehead atoms. The van der Waals surface area contributed by atoms with Gasteiger partial charge in [-0.1, -0.05) is 43.3 Å². The second-order valence-electron chi connectivity index (χ2n) is 5.72. The number of para-hydroxylation sites is 1. The summed E-state index contributed by atoms with van der Waals surface area (Å²) in [7, 11) is 0. The van der Waals surface area contributed by atoms with E-state index in [2.05, 4.69) is 56.3 Å². The summed E-state index contributed by atoms with van der Waals surface area (Å²) in [5.41, 5.74) is 9.73. The Morgan fingerprint density at radius 3 is 2.48 bits per heavy atom. The van der Waals surface area contributed by atoms with Gasteiger partial charge in [-0.15, -0.1) is 11.3 Å². The predicted octanol–water partition coefficient (Wildman–Crippen LogP) is 4.28. The van der Waals surface area contributed by atoms with Crippen LogP contribution in [-0.4, -0.2) is 4.98 Å². The van der Waals surface area contributed by atoms with E-state index in [1.54, 1.807) is 11.3 Å². The van der Waals surface area contributed by atoms with Crippen molar-refractivity contribution >= 4 is 21.6 Å². The fourth-order valence-electron chi connectivity index (χ4n) is 2.53. The van der Waals surface area contributed by atoms with Crippen molar-refractivity contribution in [1.29, 1.82) is 0 Å². The van der Waals surface area contributed by atoms with E-state index >= 15 is 0 Å². The Labute approximate surface area is 129 Å².